The van der Waals surface area contributed by atoms with Crippen molar-refractivity contribution < 1.29 is 17.9 Å². The number of thiazole rings is 1. The van der Waals surface area contributed by atoms with Crippen LogP contribution in [-0.4, -0.2) is 42.8 Å². The molecular formula is C29H26N4O4S2. The van der Waals surface area contributed by atoms with Crippen LogP contribution in [0.5, 0.6) is 5.75 Å². The number of carbonyl (C=O) groups excluding carboxylic acids is 1. The highest BCUT2D eigenvalue weighted by Crippen LogP contribution is 2.33. The molecule has 198 valence electrons. The predicted molar refractivity (Wildman–Crippen MR) is 152 cm³/mol. The fourth-order valence-electron chi connectivity index (χ4n) is 4.05. The molecule has 0 unspecified atom stereocenters. The summed E-state index contributed by atoms with van der Waals surface area (Å²) in [6, 6.07) is 26.4. The molecule has 39 heavy (non-hydrogen) atoms. The van der Waals surface area contributed by atoms with Crippen molar-refractivity contribution in [3.8, 4) is 5.75 Å². The molecule has 0 spiro atoms. The molecule has 1 amide bonds. The van der Waals surface area contributed by atoms with Crippen molar-refractivity contribution in [1.29, 1.82) is 0 Å². The monoisotopic (exact) mass is 558 g/mol. The van der Waals surface area contributed by atoms with Crippen molar-refractivity contribution in [2.24, 2.45) is 0 Å². The van der Waals surface area contributed by atoms with Crippen LogP contribution in [0.2, 0.25) is 0 Å². The highest BCUT2D eigenvalue weighted by Gasteiger charge is 2.25. The number of methoxy groups -OCH3 is 1. The van der Waals surface area contributed by atoms with Gasteiger partial charge in [-0.1, -0.05) is 47.7 Å². The average molecular weight is 559 g/mol. The fraction of sp³-hybridized carbons (Fsp3) is 0.138. The summed E-state index contributed by atoms with van der Waals surface area (Å²) in [4.78, 5) is 24.5. The molecular weight excluding hydrogens is 532 g/mol. The van der Waals surface area contributed by atoms with Gasteiger partial charge in [0.2, 0.25) is 10.0 Å². The van der Waals surface area contributed by atoms with E-state index in [1.54, 1.807) is 18.2 Å². The predicted octanol–water partition coefficient (Wildman–Crippen LogP) is 5.37. The second-order valence-corrected chi connectivity index (χ2v) is 11.9. The van der Waals surface area contributed by atoms with Crippen LogP contribution >= 0.6 is 11.3 Å². The minimum absolute atomic E-state index is 0.112. The number of fused-ring (bicyclic) bond motifs is 1. The Morgan fingerprint density at radius 2 is 1.67 bits per heavy atom. The lowest BCUT2D eigenvalue weighted by molar-refractivity contribution is 0.0984. The topological polar surface area (TPSA) is 92.7 Å². The van der Waals surface area contributed by atoms with Crippen LogP contribution in [-0.2, 0) is 23.1 Å². The maximum atomic E-state index is 13.8. The van der Waals surface area contributed by atoms with Crippen LogP contribution in [0.1, 0.15) is 21.6 Å². The number of amides is 1. The average Bonchev–Trinajstić information content (AvgIpc) is 3.39. The summed E-state index contributed by atoms with van der Waals surface area (Å²) in [7, 11) is -0.608. The normalized spacial score (nSPS) is 11.6. The summed E-state index contributed by atoms with van der Waals surface area (Å²) >= 11 is 1.37. The van der Waals surface area contributed by atoms with E-state index in [1.165, 1.54) is 47.0 Å². The first-order valence-corrected chi connectivity index (χ1v) is 14.4. The molecule has 0 N–H and O–H groups in total. The number of anilines is 1. The van der Waals surface area contributed by atoms with Crippen molar-refractivity contribution in [1.82, 2.24) is 14.3 Å². The number of pyridine rings is 1. The lowest BCUT2D eigenvalue weighted by Gasteiger charge is -2.20. The molecule has 0 aliphatic carbocycles. The summed E-state index contributed by atoms with van der Waals surface area (Å²) in [6.07, 6.45) is 1.67. The molecule has 0 saturated carbocycles. The van der Waals surface area contributed by atoms with Gasteiger partial charge in [-0.2, -0.15) is 4.31 Å². The van der Waals surface area contributed by atoms with Gasteiger partial charge in [0, 0.05) is 25.4 Å². The van der Waals surface area contributed by atoms with Crippen LogP contribution in [0.25, 0.3) is 10.2 Å². The van der Waals surface area contributed by atoms with Gasteiger partial charge in [-0.25, -0.2) is 13.4 Å². The minimum atomic E-state index is -3.75. The zero-order chi connectivity index (χ0) is 27.4. The summed E-state index contributed by atoms with van der Waals surface area (Å²) in [5.74, 6) is 0.391. The molecule has 0 saturated heterocycles. The molecule has 8 nitrogen and oxygen atoms in total. The first-order valence-electron chi connectivity index (χ1n) is 12.1. The van der Waals surface area contributed by atoms with Crippen molar-refractivity contribution in [3.05, 3.63) is 114 Å². The number of nitrogens with zero attached hydrogens (tertiary/aromatic N) is 4. The van der Waals surface area contributed by atoms with Crippen molar-refractivity contribution in [3.63, 3.8) is 0 Å². The van der Waals surface area contributed by atoms with E-state index in [0.717, 1.165) is 15.8 Å². The van der Waals surface area contributed by atoms with E-state index in [1.807, 2.05) is 66.7 Å². The minimum Gasteiger partial charge on any atom is -0.497 e. The Hall–Kier alpha value is -4.12. The van der Waals surface area contributed by atoms with E-state index in [4.69, 9.17) is 4.74 Å². The smallest absolute Gasteiger partial charge is 0.260 e. The number of hydrogen-bond acceptors (Lipinski definition) is 7. The van der Waals surface area contributed by atoms with Crippen molar-refractivity contribution in [2.75, 3.05) is 19.1 Å². The van der Waals surface area contributed by atoms with Crippen LogP contribution in [0.15, 0.2) is 102 Å². The van der Waals surface area contributed by atoms with Gasteiger partial charge in [-0.05, 0) is 60.2 Å². The van der Waals surface area contributed by atoms with Gasteiger partial charge in [-0.15, -0.1) is 0 Å². The number of aromatic nitrogens is 2. The summed E-state index contributed by atoms with van der Waals surface area (Å²) in [6.45, 7) is 0.445. The Kier molecular flexibility index (Phi) is 7.69. The molecule has 0 fully saturated rings. The second-order valence-electron chi connectivity index (χ2n) is 8.81. The second kappa shape index (κ2) is 11.3. The zero-order valence-corrected chi connectivity index (χ0v) is 23.0. The Labute approximate surface area is 231 Å². The lowest BCUT2D eigenvalue weighted by Crippen LogP contribution is -2.31. The standard InChI is InChI=1S/C29H26N4O4S2/c1-32(19-21-8-4-3-5-9-21)39(35,36)25-14-11-22(12-15-25)28(34)33(20-23-10-6-7-17-30-23)29-31-26-16-13-24(37-2)18-27(26)38-29/h3-18H,19-20H2,1-2H3. The molecule has 0 aliphatic rings. The fourth-order valence-corrected chi connectivity index (χ4v) is 6.20. The lowest BCUT2D eigenvalue weighted by atomic mass is 10.2. The number of ether oxygens (including phenoxy) is 1. The number of rotatable bonds is 9. The van der Waals surface area contributed by atoms with Gasteiger partial charge in [0.1, 0.15) is 5.75 Å². The van der Waals surface area contributed by atoms with Crippen LogP contribution in [0.3, 0.4) is 0 Å². The van der Waals surface area contributed by atoms with E-state index in [-0.39, 0.29) is 23.9 Å². The molecule has 3 aromatic carbocycles. The van der Waals surface area contributed by atoms with E-state index in [9.17, 15) is 13.2 Å². The molecule has 10 heteroatoms. The van der Waals surface area contributed by atoms with E-state index >= 15 is 0 Å². The van der Waals surface area contributed by atoms with E-state index in [2.05, 4.69) is 9.97 Å². The number of hydrogen-bond donors (Lipinski definition) is 0. The number of sulfonamides is 1. The summed E-state index contributed by atoms with van der Waals surface area (Å²) in [5, 5.41) is 0.508. The third-order valence-electron chi connectivity index (χ3n) is 6.16. The Morgan fingerprint density at radius 1 is 0.923 bits per heavy atom. The molecule has 5 rings (SSSR count). The van der Waals surface area contributed by atoms with Gasteiger partial charge < -0.3 is 4.74 Å². The highest BCUT2D eigenvalue weighted by atomic mass is 32.2. The Balaban J connectivity index is 1.43. The Bertz CT molecular complexity index is 1690. The molecule has 2 heterocycles. The largest absolute Gasteiger partial charge is 0.497 e. The maximum Gasteiger partial charge on any atom is 0.260 e. The highest BCUT2D eigenvalue weighted by molar-refractivity contribution is 7.89. The van der Waals surface area contributed by atoms with Gasteiger partial charge in [0.05, 0.1) is 34.5 Å². The SMILES string of the molecule is COc1ccc2nc(N(Cc3ccccn3)C(=O)c3ccc(S(=O)(=O)N(C)Cc4ccccc4)cc3)sc2c1. The quantitative estimate of drug-likeness (QED) is 0.242. The van der Waals surface area contributed by atoms with Gasteiger partial charge >= 0.3 is 0 Å². The van der Waals surface area contributed by atoms with Gasteiger partial charge in [0.15, 0.2) is 5.13 Å². The third kappa shape index (κ3) is 5.83. The van der Waals surface area contributed by atoms with Crippen LogP contribution in [0.4, 0.5) is 5.13 Å². The van der Waals surface area contributed by atoms with Gasteiger partial charge in [-0.3, -0.25) is 14.7 Å². The first-order chi connectivity index (χ1) is 18.8. The van der Waals surface area contributed by atoms with Crippen molar-refractivity contribution in [2.45, 2.75) is 18.0 Å². The van der Waals surface area contributed by atoms with Crippen LogP contribution < -0.4 is 9.64 Å². The first kappa shape index (κ1) is 26.5. The summed E-state index contributed by atoms with van der Waals surface area (Å²) in [5.41, 5.74) is 2.67. The Morgan fingerprint density at radius 3 is 2.36 bits per heavy atom. The molecule has 0 atom stereocenters. The zero-order valence-electron chi connectivity index (χ0n) is 21.4. The molecule has 0 radical (unpaired) electrons. The molecule has 5 aromatic rings. The number of carbonyl (C=O) groups is 1. The van der Waals surface area contributed by atoms with E-state index in [0.29, 0.717) is 22.1 Å². The third-order valence-corrected chi connectivity index (χ3v) is 9.02. The maximum absolute atomic E-state index is 13.8. The molecule has 2 aromatic heterocycles. The number of benzene rings is 3. The summed E-state index contributed by atoms with van der Waals surface area (Å²) < 4.78 is 33.8. The van der Waals surface area contributed by atoms with Gasteiger partial charge in [0.25, 0.3) is 5.91 Å². The molecule has 0 bridgehead atoms. The van der Waals surface area contributed by atoms with E-state index < -0.39 is 10.0 Å². The van der Waals surface area contributed by atoms with Crippen LogP contribution in [0, 0.1) is 0 Å². The van der Waals surface area contributed by atoms with Crippen molar-refractivity contribution >= 4 is 42.6 Å². The molecule has 0 aliphatic heterocycles.